The number of hydrogen-bond acceptors (Lipinski definition) is 4. The minimum absolute atomic E-state index is 0.279. The summed E-state index contributed by atoms with van der Waals surface area (Å²) in [5.74, 6) is -0.459. The van der Waals surface area contributed by atoms with Gasteiger partial charge in [-0.25, -0.2) is 0 Å². The molecule has 1 fully saturated rings. The van der Waals surface area contributed by atoms with Crippen molar-refractivity contribution in [2.75, 3.05) is 13.7 Å². The molecule has 0 aliphatic heterocycles. The van der Waals surface area contributed by atoms with Crippen LogP contribution in [0.5, 0.6) is 0 Å². The summed E-state index contributed by atoms with van der Waals surface area (Å²) < 4.78 is 11.2. The molecule has 0 saturated heterocycles. The van der Waals surface area contributed by atoms with Crippen LogP contribution in [0.15, 0.2) is 0 Å². The number of amides is 1. The Bertz CT molecular complexity index is 269. The van der Waals surface area contributed by atoms with Crippen LogP contribution in [0.25, 0.3) is 0 Å². The molecule has 1 saturated carbocycles. The molecule has 0 aromatic rings. The maximum absolute atomic E-state index is 11.0. The van der Waals surface area contributed by atoms with E-state index in [1.54, 1.807) is 14.0 Å². The Hall–Kier alpha value is -0.650. The fourth-order valence-corrected chi connectivity index (χ4v) is 2.28. The van der Waals surface area contributed by atoms with Crippen molar-refractivity contribution in [3.05, 3.63) is 0 Å². The largest absolute Gasteiger partial charge is 0.381 e. The first-order valence-electron chi connectivity index (χ1n) is 6.69. The van der Waals surface area contributed by atoms with Crippen molar-refractivity contribution in [2.24, 2.45) is 11.5 Å². The summed E-state index contributed by atoms with van der Waals surface area (Å²) in [6.45, 7) is 2.29. The van der Waals surface area contributed by atoms with E-state index in [-0.39, 0.29) is 6.10 Å². The highest BCUT2D eigenvalue weighted by Gasteiger charge is 2.25. The zero-order valence-corrected chi connectivity index (χ0v) is 11.5. The van der Waals surface area contributed by atoms with Crippen molar-refractivity contribution < 1.29 is 14.3 Å². The molecule has 0 heterocycles. The van der Waals surface area contributed by atoms with Gasteiger partial charge in [-0.3, -0.25) is 4.79 Å². The molecule has 106 valence electrons. The van der Waals surface area contributed by atoms with Crippen molar-refractivity contribution in [3.8, 4) is 0 Å². The van der Waals surface area contributed by atoms with Crippen LogP contribution in [0.3, 0.4) is 0 Å². The third kappa shape index (κ3) is 4.92. The van der Waals surface area contributed by atoms with Gasteiger partial charge in [0.1, 0.15) is 0 Å². The lowest BCUT2D eigenvalue weighted by molar-refractivity contribution is -0.122. The Morgan fingerprint density at radius 3 is 2.67 bits per heavy atom. The topological polar surface area (TPSA) is 87.6 Å². The summed E-state index contributed by atoms with van der Waals surface area (Å²) in [6, 6.07) is 0. The lowest BCUT2D eigenvalue weighted by atomic mass is 9.94. The third-order valence-corrected chi connectivity index (χ3v) is 3.67. The molecule has 4 N–H and O–H groups in total. The average Bonchev–Trinajstić information content (AvgIpc) is 2.35. The Morgan fingerprint density at radius 1 is 1.39 bits per heavy atom. The van der Waals surface area contributed by atoms with Crippen LogP contribution < -0.4 is 11.5 Å². The van der Waals surface area contributed by atoms with Crippen LogP contribution in [-0.2, 0) is 14.3 Å². The van der Waals surface area contributed by atoms with E-state index in [9.17, 15) is 4.79 Å². The molecule has 1 rings (SSSR count). The number of methoxy groups -OCH3 is 1. The first-order chi connectivity index (χ1) is 8.45. The number of hydrogen-bond donors (Lipinski definition) is 2. The molecule has 1 amide bonds. The van der Waals surface area contributed by atoms with E-state index in [0.29, 0.717) is 19.1 Å². The van der Waals surface area contributed by atoms with Gasteiger partial charge in [-0.05, 0) is 45.4 Å². The van der Waals surface area contributed by atoms with Gasteiger partial charge in [0.2, 0.25) is 5.91 Å². The molecule has 1 aliphatic carbocycles. The van der Waals surface area contributed by atoms with Gasteiger partial charge in [0.25, 0.3) is 0 Å². The summed E-state index contributed by atoms with van der Waals surface area (Å²) in [4.78, 5) is 11.0. The molecule has 5 heteroatoms. The minimum Gasteiger partial charge on any atom is -0.381 e. The van der Waals surface area contributed by atoms with E-state index in [1.807, 2.05) is 0 Å². The highest BCUT2D eigenvalue weighted by atomic mass is 16.5. The molecule has 0 bridgehead atoms. The molecule has 3 atom stereocenters. The van der Waals surface area contributed by atoms with Gasteiger partial charge in [-0.15, -0.1) is 0 Å². The standard InChI is InChI=1S/C13H26N2O3/c1-13(15,12(14)16)7-4-8-18-11-6-3-5-10(9-11)17-2/h10-11H,3-9,15H2,1-2H3,(H2,14,16). The van der Waals surface area contributed by atoms with Crippen molar-refractivity contribution in [1.82, 2.24) is 0 Å². The summed E-state index contributed by atoms with van der Waals surface area (Å²) in [5, 5.41) is 0. The van der Waals surface area contributed by atoms with Gasteiger partial charge in [0.15, 0.2) is 0 Å². The number of ether oxygens (including phenoxy) is 2. The maximum Gasteiger partial charge on any atom is 0.237 e. The van der Waals surface area contributed by atoms with Gasteiger partial charge in [0.05, 0.1) is 17.7 Å². The molecule has 0 radical (unpaired) electrons. The molecular weight excluding hydrogens is 232 g/mol. The lowest BCUT2D eigenvalue weighted by Crippen LogP contribution is -2.49. The lowest BCUT2D eigenvalue weighted by Gasteiger charge is -2.28. The number of primary amides is 1. The van der Waals surface area contributed by atoms with E-state index in [4.69, 9.17) is 20.9 Å². The van der Waals surface area contributed by atoms with E-state index >= 15 is 0 Å². The first-order valence-corrected chi connectivity index (χ1v) is 6.69. The van der Waals surface area contributed by atoms with E-state index in [1.165, 1.54) is 0 Å². The van der Waals surface area contributed by atoms with Crippen LogP contribution in [0, 0.1) is 0 Å². The van der Waals surface area contributed by atoms with Gasteiger partial charge in [-0.1, -0.05) is 0 Å². The normalized spacial score (nSPS) is 27.7. The molecular formula is C13H26N2O3. The Balaban J connectivity index is 2.16. The smallest absolute Gasteiger partial charge is 0.237 e. The quantitative estimate of drug-likeness (QED) is 0.665. The second kappa shape index (κ2) is 7.07. The van der Waals surface area contributed by atoms with Crippen LogP contribution in [-0.4, -0.2) is 37.4 Å². The molecule has 0 spiro atoms. The Morgan fingerprint density at radius 2 is 2.06 bits per heavy atom. The Labute approximate surface area is 109 Å². The van der Waals surface area contributed by atoms with Gasteiger partial charge in [-0.2, -0.15) is 0 Å². The fourth-order valence-electron chi connectivity index (χ4n) is 2.28. The monoisotopic (exact) mass is 258 g/mol. The van der Waals surface area contributed by atoms with E-state index in [0.717, 1.165) is 32.1 Å². The van der Waals surface area contributed by atoms with Crippen molar-refractivity contribution >= 4 is 5.91 Å². The third-order valence-electron chi connectivity index (χ3n) is 3.67. The average molecular weight is 258 g/mol. The number of nitrogens with two attached hydrogens (primary N) is 2. The number of rotatable bonds is 7. The SMILES string of the molecule is COC1CCCC(OCCCC(C)(N)C(N)=O)C1. The van der Waals surface area contributed by atoms with Crippen molar-refractivity contribution in [3.63, 3.8) is 0 Å². The van der Waals surface area contributed by atoms with E-state index < -0.39 is 11.4 Å². The van der Waals surface area contributed by atoms with Crippen LogP contribution in [0.4, 0.5) is 0 Å². The van der Waals surface area contributed by atoms with Gasteiger partial charge in [0, 0.05) is 13.7 Å². The van der Waals surface area contributed by atoms with Crippen molar-refractivity contribution in [1.29, 1.82) is 0 Å². The minimum atomic E-state index is -0.926. The van der Waals surface area contributed by atoms with Crippen LogP contribution in [0.1, 0.15) is 45.4 Å². The predicted octanol–water partition coefficient (Wildman–Crippen LogP) is 0.944. The summed E-state index contributed by atoms with van der Waals surface area (Å²) >= 11 is 0. The molecule has 0 aromatic heterocycles. The molecule has 18 heavy (non-hydrogen) atoms. The second-order valence-electron chi connectivity index (χ2n) is 5.40. The van der Waals surface area contributed by atoms with Gasteiger partial charge < -0.3 is 20.9 Å². The van der Waals surface area contributed by atoms with Crippen molar-refractivity contribution in [2.45, 2.75) is 63.2 Å². The molecule has 3 unspecified atom stereocenters. The highest BCUT2D eigenvalue weighted by molar-refractivity contribution is 5.83. The molecule has 1 aliphatic rings. The van der Waals surface area contributed by atoms with E-state index in [2.05, 4.69) is 0 Å². The molecule has 0 aromatic carbocycles. The zero-order valence-electron chi connectivity index (χ0n) is 11.5. The van der Waals surface area contributed by atoms with Gasteiger partial charge >= 0.3 is 0 Å². The van der Waals surface area contributed by atoms with Crippen LogP contribution in [0.2, 0.25) is 0 Å². The fraction of sp³-hybridized carbons (Fsp3) is 0.923. The maximum atomic E-state index is 11.0. The summed E-state index contributed by atoms with van der Waals surface area (Å²) in [5.41, 5.74) is 10.1. The Kier molecular flexibility index (Phi) is 6.05. The highest BCUT2D eigenvalue weighted by Crippen LogP contribution is 2.23. The first kappa shape index (κ1) is 15.4. The van der Waals surface area contributed by atoms with Crippen LogP contribution >= 0.6 is 0 Å². The second-order valence-corrected chi connectivity index (χ2v) is 5.40. The summed E-state index contributed by atoms with van der Waals surface area (Å²) in [6.07, 6.45) is 6.25. The number of carbonyl (C=O) groups is 1. The molecule has 5 nitrogen and oxygen atoms in total. The predicted molar refractivity (Wildman–Crippen MR) is 70.0 cm³/mol. The number of carbonyl (C=O) groups excluding carboxylic acids is 1. The zero-order chi connectivity index (χ0) is 13.6. The summed E-state index contributed by atoms with van der Waals surface area (Å²) in [7, 11) is 1.75.